The van der Waals surface area contributed by atoms with Crippen LogP contribution >= 0.6 is 0 Å². The highest BCUT2D eigenvalue weighted by atomic mass is 16.2. The molecule has 0 aliphatic carbocycles. The third-order valence-electron chi connectivity index (χ3n) is 5.45. The minimum atomic E-state index is -0.166. The molecule has 0 saturated carbocycles. The minimum Gasteiger partial charge on any atom is -0.338 e. The van der Waals surface area contributed by atoms with E-state index in [1.54, 1.807) is 12.3 Å². The molecule has 1 amide bonds. The van der Waals surface area contributed by atoms with Crippen molar-refractivity contribution in [2.24, 2.45) is 0 Å². The Bertz CT molecular complexity index is 1230. The summed E-state index contributed by atoms with van der Waals surface area (Å²) in [4.78, 5) is 31.8. The smallest absolute Gasteiger partial charge is 0.272 e. The molecular weight excluding hydrogens is 364 g/mol. The first-order chi connectivity index (χ1) is 14.2. The molecule has 4 aromatic rings. The summed E-state index contributed by atoms with van der Waals surface area (Å²) in [5, 5.41) is 2.99. The number of aromatic amines is 1. The lowest BCUT2D eigenvalue weighted by molar-refractivity contribution is -0.128. The molecule has 5 rings (SSSR count). The van der Waals surface area contributed by atoms with Gasteiger partial charge in [0.25, 0.3) is 5.56 Å². The van der Waals surface area contributed by atoms with Crippen LogP contribution in [0.2, 0.25) is 0 Å². The van der Waals surface area contributed by atoms with E-state index in [1.165, 1.54) is 4.52 Å². The topological polar surface area (TPSA) is 70.5 Å². The van der Waals surface area contributed by atoms with E-state index in [-0.39, 0.29) is 17.4 Å². The van der Waals surface area contributed by atoms with Crippen LogP contribution in [0, 0.1) is 0 Å². The lowest BCUT2D eigenvalue weighted by Crippen LogP contribution is -2.24. The fourth-order valence-corrected chi connectivity index (χ4v) is 3.97. The normalized spacial score (nSPS) is 16.6. The van der Waals surface area contributed by atoms with Crippen LogP contribution in [-0.2, 0) is 11.3 Å². The fourth-order valence-electron chi connectivity index (χ4n) is 3.97. The standard InChI is InChI=1S/C23H20N4O2/c28-21-11-18(15-26(21)14-16-7-3-1-4-8-16)20-12-22(29)27-23(25-20)19(13-24-27)17-9-5-2-6-10-17/h1-10,12-13,18,24H,11,14-15H2/t18-/m1/s1. The summed E-state index contributed by atoms with van der Waals surface area (Å²) in [6, 6.07) is 21.3. The molecule has 1 aliphatic rings. The van der Waals surface area contributed by atoms with Crippen LogP contribution in [0.5, 0.6) is 0 Å². The van der Waals surface area contributed by atoms with E-state index in [9.17, 15) is 9.59 Å². The quantitative estimate of drug-likeness (QED) is 0.587. The van der Waals surface area contributed by atoms with E-state index in [4.69, 9.17) is 4.98 Å². The molecule has 144 valence electrons. The monoisotopic (exact) mass is 384 g/mol. The number of aromatic nitrogens is 3. The van der Waals surface area contributed by atoms with Gasteiger partial charge in [-0.3, -0.25) is 14.7 Å². The van der Waals surface area contributed by atoms with Gasteiger partial charge >= 0.3 is 0 Å². The van der Waals surface area contributed by atoms with Crippen LogP contribution in [-0.4, -0.2) is 31.9 Å². The highest BCUT2D eigenvalue weighted by Gasteiger charge is 2.32. The van der Waals surface area contributed by atoms with E-state index in [0.29, 0.717) is 30.9 Å². The Hall–Kier alpha value is -3.67. The minimum absolute atomic E-state index is 0.0811. The summed E-state index contributed by atoms with van der Waals surface area (Å²) in [6.45, 7) is 1.15. The second kappa shape index (κ2) is 7.05. The Kier molecular flexibility index (Phi) is 4.24. The van der Waals surface area contributed by atoms with E-state index >= 15 is 0 Å². The first-order valence-corrected chi connectivity index (χ1v) is 9.67. The number of fused-ring (bicyclic) bond motifs is 1. The number of hydrogen-bond acceptors (Lipinski definition) is 3. The Morgan fingerprint density at radius 3 is 2.48 bits per heavy atom. The molecule has 1 aliphatic heterocycles. The number of H-pyrrole nitrogens is 1. The van der Waals surface area contributed by atoms with E-state index in [1.807, 2.05) is 65.6 Å². The van der Waals surface area contributed by atoms with Crippen molar-refractivity contribution in [3.8, 4) is 11.1 Å². The Balaban J connectivity index is 1.48. The molecule has 2 aromatic heterocycles. The SMILES string of the molecule is O=C1C[C@@H](c2cc(=O)n3[nH]cc(-c4ccccc4)c3n2)CN1Cc1ccccc1. The molecule has 0 spiro atoms. The van der Waals surface area contributed by atoms with Gasteiger partial charge in [-0.15, -0.1) is 0 Å². The molecule has 0 unspecified atom stereocenters. The van der Waals surface area contributed by atoms with Crippen molar-refractivity contribution in [2.75, 3.05) is 6.54 Å². The lowest BCUT2D eigenvalue weighted by atomic mass is 10.0. The van der Waals surface area contributed by atoms with Gasteiger partial charge in [-0.05, 0) is 11.1 Å². The first kappa shape index (κ1) is 17.4. The van der Waals surface area contributed by atoms with Crippen molar-refractivity contribution < 1.29 is 4.79 Å². The zero-order chi connectivity index (χ0) is 19.8. The summed E-state index contributed by atoms with van der Waals surface area (Å²) in [6.07, 6.45) is 2.17. The van der Waals surface area contributed by atoms with Gasteiger partial charge in [0, 0.05) is 43.3 Å². The average Bonchev–Trinajstić information content (AvgIpc) is 3.34. The van der Waals surface area contributed by atoms with Gasteiger partial charge < -0.3 is 4.90 Å². The molecule has 2 aromatic carbocycles. The van der Waals surface area contributed by atoms with E-state index in [2.05, 4.69) is 5.10 Å². The fraction of sp³-hybridized carbons (Fsp3) is 0.174. The number of carbonyl (C=O) groups excluding carboxylic acids is 1. The summed E-state index contributed by atoms with van der Waals surface area (Å²) in [7, 11) is 0. The Morgan fingerprint density at radius 1 is 1.00 bits per heavy atom. The van der Waals surface area contributed by atoms with Crippen LogP contribution in [0.4, 0.5) is 0 Å². The summed E-state index contributed by atoms with van der Waals surface area (Å²) < 4.78 is 1.45. The molecule has 1 N–H and O–H groups in total. The molecule has 29 heavy (non-hydrogen) atoms. The molecule has 1 saturated heterocycles. The highest BCUT2D eigenvalue weighted by Crippen LogP contribution is 2.29. The summed E-state index contributed by atoms with van der Waals surface area (Å²) >= 11 is 0. The number of benzene rings is 2. The third-order valence-corrected chi connectivity index (χ3v) is 5.45. The van der Waals surface area contributed by atoms with E-state index in [0.717, 1.165) is 16.7 Å². The van der Waals surface area contributed by atoms with Crippen LogP contribution < -0.4 is 5.56 Å². The van der Waals surface area contributed by atoms with Gasteiger partial charge in [0.1, 0.15) is 0 Å². The van der Waals surface area contributed by atoms with Gasteiger partial charge in [-0.25, -0.2) is 9.50 Å². The second-order valence-electron chi connectivity index (χ2n) is 7.39. The van der Waals surface area contributed by atoms with Crippen LogP contribution in [0.15, 0.2) is 77.7 Å². The van der Waals surface area contributed by atoms with Gasteiger partial charge in [0.2, 0.25) is 5.91 Å². The van der Waals surface area contributed by atoms with Crippen molar-refractivity contribution in [1.29, 1.82) is 0 Å². The maximum absolute atomic E-state index is 12.6. The molecule has 6 nitrogen and oxygen atoms in total. The van der Waals surface area contributed by atoms with Crippen molar-refractivity contribution in [2.45, 2.75) is 18.9 Å². The zero-order valence-corrected chi connectivity index (χ0v) is 15.8. The molecule has 1 atom stereocenters. The van der Waals surface area contributed by atoms with E-state index < -0.39 is 0 Å². The van der Waals surface area contributed by atoms with Crippen molar-refractivity contribution >= 4 is 11.6 Å². The summed E-state index contributed by atoms with van der Waals surface area (Å²) in [5.41, 5.74) is 4.06. The predicted octanol–water partition coefficient (Wildman–Crippen LogP) is 3.21. The molecule has 1 fully saturated rings. The first-order valence-electron chi connectivity index (χ1n) is 9.67. The van der Waals surface area contributed by atoms with Gasteiger partial charge in [0.15, 0.2) is 5.65 Å². The van der Waals surface area contributed by atoms with Crippen LogP contribution in [0.1, 0.15) is 23.6 Å². The third kappa shape index (κ3) is 3.23. The van der Waals surface area contributed by atoms with Crippen molar-refractivity contribution in [3.05, 3.63) is 94.5 Å². The average molecular weight is 384 g/mol. The number of carbonyl (C=O) groups is 1. The largest absolute Gasteiger partial charge is 0.338 e. The molecular formula is C23H20N4O2. The molecule has 6 heteroatoms. The number of nitrogens with zero attached hydrogens (tertiary/aromatic N) is 3. The van der Waals surface area contributed by atoms with Crippen molar-refractivity contribution in [3.63, 3.8) is 0 Å². The van der Waals surface area contributed by atoms with Crippen LogP contribution in [0.3, 0.4) is 0 Å². The van der Waals surface area contributed by atoms with Gasteiger partial charge in [-0.1, -0.05) is 60.7 Å². The molecule has 3 heterocycles. The molecule has 0 bridgehead atoms. The van der Waals surface area contributed by atoms with Crippen LogP contribution in [0.25, 0.3) is 16.8 Å². The molecule has 0 radical (unpaired) electrons. The van der Waals surface area contributed by atoms with Crippen molar-refractivity contribution in [1.82, 2.24) is 19.5 Å². The number of amides is 1. The lowest BCUT2D eigenvalue weighted by Gasteiger charge is -2.16. The number of nitrogens with one attached hydrogen (secondary N) is 1. The van der Waals surface area contributed by atoms with Gasteiger partial charge in [0.05, 0.1) is 5.69 Å². The Morgan fingerprint density at radius 2 is 1.72 bits per heavy atom. The highest BCUT2D eigenvalue weighted by molar-refractivity contribution is 5.80. The maximum atomic E-state index is 12.6. The van der Waals surface area contributed by atoms with Gasteiger partial charge in [-0.2, -0.15) is 0 Å². The zero-order valence-electron chi connectivity index (χ0n) is 15.8. The number of likely N-dealkylation sites (tertiary alicyclic amines) is 1. The maximum Gasteiger partial charge on any atom is 0.272 e. The second-order valence-corrected chi connectivity index (χ2v) is 7.39. The number of rotatable bonds is 4. The predicted molar refractivity (Wildman–Crippen MR) is 110 cm³/mol. The summed E-state index contributed by atoms with van der Waals surface area (Å²) in [5.74, 6) is 0.0145. The Labute approximate surface area is 167 Å². The number of hydrogen-bond donors (Lipinski definition) is 1.